The molecule has 112 valence electrons. The van der Waals surface area contributed by atoms with Gasteiger partial charge in [0.25, 0.3) is 0 Å². The van der Waals surface area contributed by atoms with E-state index in [0.29, 0.717) is 12.8 Å². The predicted molar refractivity (Wildman–Crippen MR) is 83.3 cm³/mol. The number of hydrogen-bond acceptors (Lipinski definition) is 0. The molecule has 1 fully saturated rings. The average molecular weight is 345 g/mol. The summed E-state index contributed by atoms with van der Waals surface area (Å²) in [4.78, 5) is 0. The van der Waals surface area contributed by atoms with Gasteiger partial charge in [0.15, 0.2) is 0 Å². The lowest BCUT2D eigenvalue weighted by atomic mass is 9.66. The molecule has 0 unspecified atom stereocenters. The van der Waals surface area contributed by atoms with E-state index in [-0.39, 0.29) is 11.3 Å². The van der Waals surface area contributed by atoms with Crippen molar-refractivity contribution in [2.75, 3.05) is 0 Å². The maximum absolute atomic E-state index is 12.8. The van der Waals surface area contributed by atoms with Crippen molar-refractivity contribution >= 4 is 15.9 Å². The molecule has 0 saturated heterocycles. The molecule has 0 heterocycles. The largest absolute Gasteiger partial charge is 0.241 e. The third-order valence-electron chi connectivity index (χ3n) is 5.07. The highest BCUT2D eigenvalue weighted by Gasteiger charge is 2.36. The molecule has 0 N–H and O–H groups in total. The number of rotatable bonds is 4. The standard InChI is InChI=1S/C17H23BrF2/c1-3-17(8-6-13(7-9-17)16(19)20)11-14-4-5-15(18)10-12(14)2/h4-5,10,13,16H,3,6-9,11H2,1-2H3. The molecule has 0 atom stereocenters. The lowest BCUT2D eigenvalue weighted by molar-refractivity contribution is 0.0226. The van der Waals surface area contributed by atoms with Crippen LogP contribution in [0.25, 0.3) is 0 Å². The Morgan fingerprint density at radius 2 is 1.95 bits per heavy atom. The molecule has 1 aliphatic carbocycles. The van der Waals surface area contributed by atoms with Crippen molar-refractivity contribution in [3.05, 3.63) is 33.8 Å². The molecule has 1 saturated carbocycles. The normalized spacial score (nSPS) is 27.0. The van der Waals surface area contributed by atoms with Crippen LogP contribution in [-0.4, -0.2) is 6.43 Å². The zero-order valence-corrected chi connectivity index (χ0v) is 13.8. The highest BCUT2D eigenvalue weighted by Crippen LogP contribution is 2.45. The number of benzene rings is 1. The van der Waals surface area contributed by atoms with Crippen LogP contribution in [-0.2, 0) is 6.42 Å². The van der Waals surface area contributed by atoms with E-state index in [2.05, 4.69) is 48.0 Å². The van der Waals surface area contributed by atoms with E-state index in [1.807, 2.05) is 0 Å². The summed E-state index contributed by atoms with van der Waals surface area (Å²) in [5.41, 5.74) is 2.89. The lowest BCUT2D eigenvalue weighted by Crippen LogP contribution is -2.31. The van der Waals surface area contributed by atoms with Crippen molar-refractivity contribution in [1.29, 1.82) is 0 Å². The average Bonchev–Trinajstić information content (AvgIpc) is 2.42. The second-order valence-electron chi connectivity index (χ2n) is 6.27. The van der Waals surface area contributed by atoms with Crippen molar-refractivity contribution in [3.63, 3.8) is 0 Å². The van der Waals surface area contributed by atoms with Gasteiger partial charge in [0.05, 0.1) is 0 Å². The minimum Gasteiger partial charge on any atom is -0.210 e. The summed E-state index contributed by atoms with van der Waals surface area (Å²) < 4.78 is 26.7. The smallest absolute Gasteiger partial charge is 0.210 e. The molecule has 1 aliphatic rings. The van der Waals surface area contributed by atoms with Gasteiger partial charge in [-0.3, -0.25) is 0 Å². The van der Waals surface area contributed by atoms with E-state index in [0.717, 1.165) is 30.2 Å². The Bertz CT molecular complexity index is 448. The first-order chi connectivity index (χ1) is 9.46. The SMILES string of the molecule is CCC1(Cc2ccc(Br)cc2C)CCC(C(F)F)CC1. The molecule has 0 bridgehead atoms. The molecule has 0 spiro atoms. The monoisotopic (exact) mass is 344 g/mol. The molecule has 1 aromatic carbocycles. The van der Waals surface area contributed by atoms with Crippen LogP contribution in [0.1, 0.15) is 50.2 Å². The van der Waals surface area contributed by atoms with Crippen molar-refractivity contribution in [3.8, 4) is 0 Å². The summed E-state index contributed by atoms with van der Waals surface area (Å²) in [6.45, 7) is 4.34. The second-order valence-corrected chi connectivity index (χ2v) is 7.19. The van der Waals surface area contributed by atoms with Gasteiger partial charge in [-0.1, -0.05) is 35.3 Å². The fraction of sp³-hybridized carbons (Fsp3) is 0.647. The van der Waals surface area contributed by atoms with E-state index in [1.54, 1.807) is 0 Å². The Labute approximate surface area is 129 Å². The summed E-state index contributed by atoms with van der Waals surface area (Å²) in [6, 6.07) is 6.40. The second kappa shape index (κ2) is 6.55. The quantitative estimate of drug-likeness (QED) is 0.614. The number of aryl methyl sites for hydroxylation is 1. The zero-order chi connectivity index (χ0) is 14.8. The Morgan fingerprint density at radius 3 is 2.45 bits per heavy atom. The van der Waals surface area contributed by atoms with Crippen LogP contribution in [0.3, 0.4) is 0 Å². The van der Waals surface area contributed by atoms with E-state index in [9.17, 15) is 8.78 Å². The van der Waals surface area contributed by atoms with E-state index < -0.39 is 6.43 Å². The Morgan fingerprint density at radius 1 is 1.30 bits per heavy atom. The highest BCUT2D eigenvalue weighted by molar-refractivity contribution is 9.10. The first-order valence-electron chi connectivity index (χ1n) is 7.49. The van der Waals surface area contributed by atoms with Crippen LogP contribution in [0.15, 0.2) is 22.7 Å². The molecular weight excluding hydrogens is 322 g/mol. The summed E-state index contributed by atoms with van der Waals surface area (Å²) in [6.07, 6.45) is 3.21. The van der Waals surface area contributed by atoms with Crippen LogP contribution >= 0.6 is 15.9 Å². The van der Waals surface area contributed by atoms with Crippen LogP contribution < -0.4 is 0 Å². The third kappa shape index (κ3) is 3.60. The molecule has 0 nitrogen and oxygen atoms in total. The van der Waals surface area contributed by atoms with E-state index in [4.69, 9.17) is 0 Å². The van der Waals surface area contributed by atoms with Gasteiger partial charge >= 0.3 is 0 Å². The van der Waals surface area contributed by atoms with Gasteiger partial charge in [-0.15, -0.1) is 0 Å². The Balaban J connectivity index is 2.09. The highest BCUT2D eigenvalue weighted by atomic mass is 79.9. The van der Waals surface area contributed by atoms with Crippen molar-refractivity contribution in [2.24, 2.45) is 11.3 Å². The molecule has 0 radical (unpaired) electrons. The fourth-order valence-corrected chi connectivity index (χ4v) is 3.90. The van der Waals surface area contributed by atoms with Crippen LogP contribution in [0.2, 0.25) is 0 Å². The van der Waals surface area contributed by atoms with Crippen LogP contribution in [0.5, 0.6) is 0 Å². The maximum atomic E-state index is 12.8. The molecule has 2 rings (SSSR count). The molecule has 3 heteroatoms. The molecule has 0 aliphatic heterocycles. The van der Waals surface area contributed by atoms with Crippen LogP contribution in [0.4, 0.5) is 8.78 Å². The van der Waals surface area contributed by atoms with Gasteiger partial charge < -0.3 is 0 Å². The fourth-order valence-electron chi connectivity index (χ4n) is 3.42. The first-order valence-corrected chi connectivity index (χ1v) is 8.28. The summed E-state index contributed by atoms with van der Waals surface area (Å²) in [7, 11) is 0. The number of hydrogen-bond donors (Lipinski definition) is 0. The zero-order valence-electron chi connectivity index (χ0n) is 12.3. The molecule has 0 aromatic heterocycles. The molecule has 20 heavy (non-hydrogen) atoms. The van der Waals surface area contributed by atoms with Crippen molar-refractivity contribution in [2.45, 2.75) is 58.8 Å². The summed E-state index contributed by atoms with van der Waals surface area (Å²) >= 11 is 3.49. The van der Waals surface area contributed by atoms with E-state index >= 15 is 0 Å². The Hall–Kier alpha value is -0.440. The van der Waals surface area contributed by atoms with Gasteiger partial charge in [0.2, 0.25) is 6.43 Å². The lowest BCUT2D eigenvalue weighted by Gasteiger charge is -2.40. The Kier molecular flexibility index (Phi) is 5.22. The minimum absolute atomic E-state index is 0.226. The molecular formula is C17H23BrF2. The van der Waals surface area contributed by atoms with Gasteiger partial charge in [-0.25, -0.2) is 8.78 Å². The molecule has 0 amide bonds. The van der Waals surface area contributed by atoms with Gasteiger partial charge in [0, 0.05) is 10.4 Å². The van der Waals surface area contributed by atoms with Gasteiger partial charge in [-0.2, -0.15) is 0 Å². The predicted octanol–water partition coefficient (Wildman–Crippen LogP) is 6.15. The van der Waals surface area contributed by atoms with Gasteiger partial charge in [-0.05, 0) is 67.7 Å². The first kappa shape index (κ1) is 15.9. The minimum atomic E-state index is -2.14. The van der Waals surface area contributed by atoms with Crippen molar-refractivity contribution in [1.82, 2.24) is 0 Å². The molecule has 1 aromatic rings. The number of halogens is 3. The van der Waals surface area contributed by atoms with Gasteiger partial charge in [0.1, 0.15) is 0 Å². The van der Waals surface area contributed by atoms with Crippen molar-refractivity contribution < 1.29 is 8.78 Å². The van der Waals surface area contributed by atoms with Crippen LogP contribution in [0, 0.1) is 18.3 Å². The third-order valence-corrected chi connectivity index (χ3v) is 5.56. The number of alkyl halides is 2. The topological polar surface area (TPSA) is 0 Å². The summed E-state index contributed by atoms with van der Waals surface area (Å²) in [5, 5.41) is 0. The van der Waals surface area contributed by atoms with E-state index in [1.165, 1.54) is 11.1 Å². The summed E-state index contributed by atoms with van der Waals surface area (Å²) in [5.74, 6) is -0.374. The maximum Gasteiger partial charge on any atom is 0.241 e.